The Hall–Kier alpha value is -0.510. The zero-order valence-corrected chi connectivity index (χ0v) is 14.5. The van der Waals surface area contributed by atoms with Gasteiger partial charge in [-0.15, -0.1) is 0 Å². The quantitative estimate of drug-likeness (QED) is 0.275. The van der Waals surface area contributed by atoms with Crippen molar-refractivity contribution in [3.8, 4) is 6.07 Å². The Morgan fingerprint density at radius 1 is 0.667 bits per heavy atom. The van der Waals surface area contributed by atoms with Crippen molar-refractivity contribution in [2.45, 2.75) is 110 Å². The van der Waals surface area contributed by atoms with E-state index in [-0.39, 0.29) is 5.92 Å². The van der Waals surface area contributed by atoms with Gasteiger partial charge in [-0.3, -0.25) is 0 Å². The predicted molar refractivity (Wildman–Crippen MR) is 94.0 cm³/mol. The molecule has 0 aromatic carbocycles. The molecule has 0 saturated carbocycles. The van der Waals surface area contributed by atoms with E-state index in [2.05, 4.69) is 19.9 Å². The highest BCUT2D eigenvalue weighted by atomic mass is 14.3. The summed E-state index contributed by atoms with van der Waals surface area (Å²) in [6.45, 7) is 6.08. The molecule has 1 atom stereocenters. The lowest BCUT2D eigenvalue weighted by atomic mass is 10.0. The van der Waals surface area contributed by atoms with Gasteiger partial charge in [0.25, 0.3) is 0 Å². The van der Waals surface area contributed by atoms with E-state index in [1.807, 2.05) is 0 Å². The van der Waals surface area contributed by atoms with Gasteiger partial charge in [0, 0.05) is 5.92 Å². The zero-order valence-electron chi connectivity index (χ0n) is 14.5. The molecule has 0 heterocycles. The largest absolute Gasteiger partial charge is 0.198 e. The lowest BCUT2D eigenvalue weighted by Gasteiger charge is -2.04. The molecule has 0 spiro atoms. The van der Waals surface area contributed by atoms with Gasteiger partial charge in [0.2, 0.25) is 0 Å². The van der Waals surface area contributed by atoms with Crippen LogP contribution in [0.1, 0.15) is 110 Å². The van der Waals surface area contributed by atoms with Gasteiger partial charge < -0.3 is 0 Å². The maximum Gasteiger partial charge on any atom is 0.0655 e. The molecular weight excluding hydrogens is 254 g/mol. The van der Waals surface area contributed by atoms with Crippen LogP contribution in [0.25, 0.3) is 0 Å². The third-order valence-corrected chi connectivity index (χ3v) is 4.34. The van der Waals surface area contributed by atoms with E-state index in [1.54, 1.807) is 0 Å². The second-order valence-corrected chi connectivity index (χ2v) is 6.56. The summed E-state index contributed by atoms with van der Waals surface area (Å²) in [7, 11) is 0. The van der Waals surface area contributed by atoms with Crippen molar-refractivity contribution in [2.24, 2.45) is 5.92 Å². The van der Waals surface area contributed by atoms with Crippen molar-refractivity contribution in [1.82, 2.24) is 0 Å². The Labute approximate surface area is 134 Å². The molecule has 0 amide bonds. The first kappa shape index (κ1) is 20.5. The maximum absolute atomic E-state index is 8.64. The van der Waals surface area contributed by atoms with Crippen LogP contribution >= 0.6 is 0 Å². The molecule has 123 valence electrons. The first-order valence-electron chi connectivity index (χ1n) is 9.54. The second kappa shape index (κ2) is 17.5. The van der Waals surface area contributed by atoms with Crippen LogP contribution in [0.3, 0.4) is 0 Å². The van der Waals surface area contributed by atoms with E-state index in [4.69, 9.17) is 5.26 Å². The van der Waals surface area contributed by atoms with Gasteiger partial charge >= 0.3 is 0 Å². The van der Waals surface area contributed by atoms with Crippen molar-refractivity contribution in [1.29, 1.82) is 5.26 Å². The van der Waals surface area contributed by atoms with Crippen LogP contribution in [0.2, 0.25) is 0 Å². The minimum atomic E-state index is 0.00646. The molecule has 0 aliphatic heterocycles. The van der Waals surface area contributed by atoms with E-state index in [1.165, 1.54) is 96.3 Å². The van der Waals surface area contributed by atoms with Gasteiger partial charge in [-0.05, 0) is 13.3 Å². The van der Waals surface area contributed by atoms with Gasteiger partial charge in [-0.25, -0.2) is 0 Å². The number of rotatable bonds is 16. The fourth-order valence-electron chi connectivity index (χ4n) is 2.83. The summed E-state index contributed by atoms with van der Waals surface area (Å²) in [5, 5.41) is 8.64. The zero-order chi connectivity index (χ0) is 15.6. The van der Waals surface area contributed by atoms with Crippen LogP contribution < -0.4 is 0 Å². The van der Waals surface area contributed by atoms with Crippen LogP contribution in [0.4, 0.5) is 0 Å². The summed E-state index contributed by atoms with van der Waals surface area (Å²) < 4.78 is 0. The lowest BCUT2D eigenvalue weighted by Crippen LogP contribution is -1.90. The van der Waals surface area contributed by atoms with Gasteiger partial charge in [0.05, 0.1) is 6.07 Å². The van der Waals surface area contributed by atoms with E-state index in [0.29, 0.717) is 0 Å². The third kappa shape index (κ3) is 17.4. The molecule has 0 fully saturated rings. The maximum atomic E-state index is 8.64. The average molecular weight is 293 g/mol. The van der Waals surface area contributed by atoms with Crippen LogP contribution in [-0.2, 0) is 0 Å². The lowest BCUT2D eigenvalue weighted by molar-refractivity contribution is 0.525. The van der Waals surface area contributed by atoms with E-state index in [9.17, 15) is 0 Å². The van der Waals surface area contributed by atoms with Crippen molar-refractivity contribution in [3.05, 3.63) is 6.92 Å². The number of nitriles is 1. The van der Waals surface area contributed by atoms with Gasteiger partial charge in [-0.1, -0.05) is 103 Å². The minimum Gasteiger partial charge on any atom is -0.198 e. The van der Waals surface area contributed by atoms with Crippen LogP contribution in [-0.4, -0.2) is 0 Å². The normalized spacial score (nSPS) is 12.2. The van der Waals surface area contributed by atoms with E-state index < -0.39 is 0 Å². The van der Waals surface area contributed by atoms with E-state index >= 15 is 0 Å². The summed E-state index contributed by atoms with van der Waals surface area (Å²) in [5.41, 5.74) is 0. The van der Waals surface area contributed by atoms with Crippen LogP contribution in [0, 0.1) is 24.2 Å². The second-order valence-electron chi connectivity index (χ2n) is 6.56. The first-order chi connectivity index (χ1) is 10.3. The van der Waals surface area contributed by atoms with Crippen molar-refractivity contribution in [2.75, 3.05) is 0 Å². The predicted octanol–water partition coefficient (Wildman–Crippen LogP) is 7.22. The Balaban J connectivity index is 2.98. The van der Waals surface area contributed by atoms with E-state index in [0.717, 1.165) is 6.42 Å². The van der Waals surface area contributed by atoms with Gasteiger partial charge in [0.1, 0.15) is 0 Å². The topological polar surface area (TPSA) is 23.8 Å². The van der Waals surface area contributed by atoms with Crippen molar-refractivity contribution < 1.29 is 0 Å². The number of hydrogen-bond donors (Lipinski definition) is 0. The first-order valence-corrected chi connectivity index (χ1v) is 9.54. The Bertz CT molecular complexity index is 228. The number of hydrogen-bond acceptors (Lipinski definition) is 1. The van der Waals surface area contributed by atoms with Gasteiger partial charge in [0.15, 0.2) is 0 Å². The average Bonchev–Trinajstić information content (AvgIpc) is 2.50. The molecule has 1 unspecified atom stereocenters. The third-order valence-electron chi connectivity index (χ3n) is 4.34. The van der Waals surface area contributed by atoms with Crippen LogP contribution in [0.15, 0.2) is 0 Å². The standard InChI is InChI=1S/C20H38N/c1-3-4-5-6-7-8-9-10-11-12-13-14-15-16-17-18-20(2)19-21/h20H,2-18H2,1H3. The highest BCUT2D eigenvalue weighted by molar-refractivity contribution is 4.83. The van der Waals surface area contributed by atoms with Gasteiger partial charge in [-0.2, -0.15) is 5.26 Å². The molecule has 0 aromatic heterocycles. The van der Waals surface area contributed by atoms with Crippen molar-refractivity contribution >= 4 is 0 Å². The summed E-state index contributed by atoms with van der Waals surface area (Å²) >= 11 is 0. The monoisotopic (exact) mass is 292 g/mol. The molecule has 1 nitrogen and oxygen atoms in total. The summed E-state index contributed by atoms with van der Waals surface area (Å²) in [5.74, 6) is 0.00646. The van der Waals surface area contributed by atoms with Crippen LogP contribution in [0.5, 0.6) is 0 Å². The molecule has 0 rings (SSSR count). The Kier molecular flexibility index (Phi) is 17.1. The minimum absolute atomic E-state index is 0.00646. The summed E-state index contributed by atoms with van der Waals surface area (Å²) in [6, 6.07) is 2.20. The fourth-order valence-corrected chi connectivity index (χ4v) is 2.83. The Morgan fingerprint density at radius 2 is 1.00 bits per heavy atom. The molecule has 1 radical (unpaired) electrons. The highest BCUT2D eigenvalue weighted by Gasteiger charge is 1.98. The molecule has 21 heavy (non-hydrogen) atoms. The Morgan fingerprint density at radius 3 is 1.33 bits per heavy atom. The molecule has 0 saturated heterocycles. The molecule has 0 N–H and O–H groups in total. The smallest absolute Gasteiger partial charge is 0.0655 e. The molecular formula is C20H38N. The molecule has 1 heteroatoms. The number of unbranched alkanes of at least 4 members (excludes halogenated alkanes) is 14. The highest BCUT2D eigenvalue weighted by Crippen LogP contribution is 2.14. The molecule has 0 aromatic rings. The molecule has 0 aliphatic carbocycles. The summed E-state index contributed by atoms with van der Waals surface area (Å²) in [4.78, 5) is 0. The van der Waals surface area contributed by atoms with Crippen molar-refractivity contribution in [3.63, 3.8) is 0 Å². The molecule has 0 bridgehead atoms. The summed E-state index contributed by atoms with van der Waals surface area (Å²) in [6.07, 6.45) is 21.9. The fraction of sp³-hybridized carbons (Fsp3) is 0.900. The molecule has 0 aliphatic rings. The SMILES string of the molecule is [CH2]C(C#N)CCCCCCCCCCCCCCCCC. The number of nitrogens with zero attached hydrogens (tertiary/aromatic N) is 1.